The molecule has 28 heavy (non-hydrogen) atoms. The van der Waals surface area contributed by atoms with E-state index in [4.69, 9.17) is 0 Å². The van der Waals surface area contributed by atoms with Gasteiger partial charge in [0.05, 0.1) is 0 Å². The quantitative estimate of drug-likeness (QED) is 0.310. The van der Waals surface area contributed by atoms with Gasteiger partial charge >= 0.3 is 6.03 Å². The van der Waals surface area contributed by atoms with Gasteiger partial charge in [-0.1, -0.05) is 83.1 Å². The highest BCUT2D eigenvalue weighted by Crippen LogP contribution is 2.51. The highest BCUT2D eigenvalue weighted by molar-refractivity contribution is 6.88. The molecule has 1 aliphatic heterocycles. The average Bonchev–Trinajstić information content (AvgIpc) is 2.72. The normalized spacial score (nSPS) is 19.8. The Morgan fingerprint density at radius 1 is 0.607 bits per heavy atom. The van der Waals surface area contributed by atoms with E-state index in [1.807, 2.05) is 11.5 Å². The van der Waals surface area contributed by atoms with Crippen molar-refractivity contribution in [2.24, 2.45) is 0 Å². The van der Waals surface area contributed by atoms with Gasteiger partial charge in [-0.3, -0.25) is 9.36 Å². The second-order valence-corrected chi connectivity index (χ2v) is 22.1. The van der Waals surface area contributed by atoms with Gasteiger partial charge in [0.15, 0.2) is 16.5 Å². The number of rotatable bonds is 8. The molecule has 1 unspecified atom stereocenters. The van der Waals surface area contributed by atoms with E-state index >= 15 is 0 Å². The topological polar surface area (TPSA) is 40.6 Å². The maximum Gasteiger partial charge on any atom is 0.311 e. The Bertz CT molecular complexity index is 542. The molecular formula is C22H46N2O2Si2. The second-order valence-electron chi connectivity index (χ2n) is 10.7. The zero-order valence-corrected chi connectivity index (χ0v) is 22.8. The van der Waals surface area contributed by atoms with Gasteiger partial charge in [0.2, 0.25) is 5.91 Å². The van der Waals surface area contributed by atoms with Crippen molar-refractivity contribution in [2.45, 2.75) is 129 Å². The number of carbonyl (C=O) groups is 2. The lowest BCUT2D eigenvalue weighted by molar-refractivity contribution is -0.125. The number of imide groups is 1. The molecule has 0 aliphatic carbocycles. The number of urea groups is 1. The summed E-state index contributed by atoms with van der Waals surface area (Å²) in [5, 5.41) is 0. The van der Waals surface area contributed by atoms with Crippen molar-refractivity contribution in [3.8, 4) is 0 Å². The third-order valence-corrected chi connectivity index (χ3v) is 21.4. The molecule has 0 aromatic carbocycles. The number of nitrogens with zero attached hydrogens (tertiary/aromatic N) is 2. The molecule has 0 bridgehead atoms. The summed E-state index contributed by atoms with van der Waals surface area (Å²) in [4.78, 5) is 27.9. The first-order valence-corrected chi connectivity index (χ1v) is 15.7. The van der Waals surface area contributed by atoms with Gasteiger partial charge in [0.25, 0.3) is 0 Å². The van der Waals surface area contributed by atoms with Crippen LogP contribution in [0, 0.1) is 0 Å². The fraction of sp³-hybridized carbons (Fsp3) is 0.909. The molecule has 1 aliphatic rings. The van der Waals surface area contributed by atoms with Crippen LogP contribution in [0.1, 0.15) is 90.0 Å². The molecule has 164 valence electrons. The van der Waals surface area contributed by atoms with Crippen LogP contribution in [0.2, 0.25) is 33.2 Å². The highest BCUT2D eigenvalue weighted by atomic mass is 28.3. The van der Waals surface area contributed by atoms with E-state index in [1.165, 1.54) is 0 Å². The van der Waals surface area contributed by atoms with Gasteiger partial charge in [-0.25, -0.2) is 4.79 Å². The number of hydrogen-bond donors (Lipinski definition) is 0. The predicted molar refractivity (Wildman–Crippen MR) is 126 cm³/mol. The second kappa shape index (κ2) is 8.62. The predicted octanol–water partition coefficient (Wildman–Crippen LogP) is 6.99. The van der Waals surface area contributed by atoms with Crippen molar-refractivity contribution in [2.75, 3.05) is 0 Å². The summed E-state index contributed by atoms with van der Waals surface area (Å²) >= 11 is 0. The fourth-order valence-corrected chi connectivity index (χ4v) is 20.7. The Morgan fingerprint density at radius 3 is 1.14 bits per heavy atom. The highest BCUT2D eigenvalue weighted by Gasteiger charge is 2.64. The molecule has 0 radical (unpaired) electrons. The monoisotopic (exact) mass is 426 g/mol. The molecule has 0 spiro atoms. The van der Waals surface area contributed by atoms with E-state index in [1.54, 1.807) is 0 Å². The van der Waals surface area contributed by atoms with Gasteiger partial charge in [-0.15, -0.1) is 0 Å². The van der Waals surface area contributed by atoms with E-state index < -0.39 is 16.5 Å². The van der Waals surface area contributed by atoms with Crippen LogP contribution >= 0.6 is 0 Å². The molecule has 0 aromatic heterocycles. The van der Waals surface area contributed by atoms with Crippen molar-refractivity contribution in [1.82, 2.24) is 9.13 Å². The summed E-state index contributed by atoms with van der Waals surface area (Å²) in [6.07, 6.45) is 0. The van der Waals surface area contributed by atoms with Gasteiger partial charge < -0.3 is 4.57 Å². The van der Waals surface area contributed by atoms with Crippen molar-refractivity contribution in [3.63, 3.8) is 0 Å². The summed E-state index contributed by atoms with van der Waals surface area (Å²) in [5.41, 5.74) is 2.21. The zero-order valence-electron chi connectivity index (χ0n) is 20.8. The minimum atomic E-state index is -2.37. The molecule has 1 heterocycles. The first-order valence-electron chi connectivity index (χ1n) is 11.3. The molecule has 0 N–H and O–H groups in total. The Hall–Kier alpha value is -0.626. The zero-order chi connectivity index (χ0) is 22.4. The van der Waals surface area contributed by atoms with Crippen LogP contribution in [0.4, 0.5) is 4.79 Å². The maximum atomic E-state index is 14.1. The standard InChI is InChI=1S/C22H46N2O2Si2/c1-14(2)27(15(3)4,16(5)6)23-20(13)21(25)24(22(23)26)28(17(7)8,18(9)10)19(11)12/h14-20H,1-13H3. The molecule has 6 heteroatoms. The van der Waals surface area contributed by atoms with E-state index in [0.29, 0.717) is 33.2 Å². The molecule has 0 aromatic rings. The third-order valence-electron chi connectivity index (χ3n) is 7.72. The van der Waals surface area contributed by atoms with E-state index in [2.05, 4.69) is 87.7 Å². The van der Waals surface area contributed by atoms with Gasteiger partial charge in [-0.2, -0.15) is 0 Å². The van der Waals surface area contributed by atoms with Crippen LogP contribution in [0.15, 0.2) is 0 Å². The summed E-state index contributed by atoms with van der Waals surface area (Å²) in [6.45, 7) is 28.9. The lowest BCUT2D eigenvalue weighted by atomic mass is 10.4. The van der Waals surface area contributed by atoms with Crippen molar-refractivity contribution >= 4 is 28.4 Å². The smallest absolute Gasteiger partial charge is 0.311 e. The minimum Gasteiger partial charge on any atom is -0.340 e. The summed E-state index contributed by atoms with van der Waals surface area (Å²) < 4.78 is 3.97. The Balaban J connectivity index is 3.77. The molecule has 4 nitrogen and oxygen atoms in total. The molecule has 0 saturated carbocycles. The van der Waals surface area contributed by atoms with Crippen molar-refractivity contribution in [1.29, 1.82) is 0 Å². The Morgan fingerprint density at radius 2 is 0.893 bits per heavy atom. The van der Waals surface area contributed by atoms with Gasteiger partial charge in [-0.05, 0) is 40.2 Å². The number of hydrogen-bond acceptors (Lipinski definition) is 2. The van der Waals surface area contributed by atoms with Crippen molar-refractivity contribution < 1.29 is 9.59 Å². The maximum absolute atomic E-state index is 14.1. The van der Waals surface area contributed by atoms with E-state index in [-0.39, 0.29) is 18.0 Å². The fourth-order valence-electron chi connectivity index (χ4n) is 7.13. The lowest BCUT2D eigenvalue weighted by Crippen LogP contribution is -2.66. The first kappa shape index (κ1) is 25.4. The molecule has 1 atom stereocenters. The van der Waals surface area contributed by atoms with Crippen LogP contribution in [0.25, 0.3) is 0 Å². The third kappa shape index (κ3) is 3.32. The van der Waals surface area contributed by atoms with Crippen LogP contribution < -0.4 is 0 Å². The molecule has 1 saturated heterocycles. The first-order chi connectivity index (χ1) is 12.6. The van der Waals surface area contributed by atoms with E-state index in [9.17, 15) is 9.59 Å². The largest absolute Gasteiger partial charge is 0.340 e. The van der Waals surface area contributed by atoms with Gasteiger partial charge in [0.1, 0.15) is 6.04 Å². The van der Waals surface area contributed by atoms with Crippen molar-refractivity contribution in [3.05, 3.63) is 0 Å². The molecule has 3 amide bonds. The Labute approximate surface area is 176 Å². The number of amides is 3. The van der Waals surface area contributed by atoms with Crippen LogP contribution in [0.3, 0.4) is 0 Å². The molecule has 1 rings (SSSR count). The van der Waals surface area contributed by atoms with Gasteiger partial charge in [0, 0.05) is 0 Å². The molecular weight excluding hydrogens is 380 g/mol. The average molecular weight is 427 g/mol. The SMILES string of the molecule is CC1C(=O)N([Si](C(C)C)(C(C)C)C(C)C)C(=O)N1[Si](C(C)C)(C(C)C)C(C)C. The van der Waals surface area contributed by atoms with E-state index in [0.717, 1.165) is 0 Å². The Kier molecular flexibility index (Phi) is 7.83. The van der Waals surface area contributed by atoms with Crippen LogP contribution in [0.5, 0.6) is 0 Å². The summed E-state index contributed by atoms with van der Waals surface area (Å²) in [5.74, 6) is 0.0617. The van der Waals surface area contributed by atoms with Crippen LogP contribution in [-0.2, 0) is 4.79 Å². The minimum absolute atomic E-state index is 0.0306. The van der Waals surface area contributed by atoms with Crippen LogP contribution in [-0.4, -0.2) is 43.6 Å². The summed E-state index contributed by atoms with van der Waals surface area (Å²) in [7, 11) is -4.62. The number of carbonyl (C=O) groups excluding carboxylic acids is 2. The lowest BCUT2D eigenvalue weighted by Gasteiger charge is -2.51. The summed E-state index contributed by atoms with van der Waals surface area (Å²) in [6, 6.07) is -0.308. The molecule has 1 fully saturated rings.